The number of nitrogens with one attached hydrogen (secondary N) is 1. The first-order valence-electron chi connectivity index (χ1n) is 4.70. The average Bonchev–Trinajstić information content (AvgIpc) is 2.73. The molecule has 0 bridgehead atoms. The molecule has 1 aromatic rings. The lowest BCUT2D eigenvalue weighted by Gasteiger charge is -2.06. The second kappa shape index (κ2) is 5.36. The first-order chi connectivity index (χ1) is 7.17. The number of carbonyl (C=O) groups is 1. The summed E-state index contributed by atoms with van der Waals surface area (Å²) < 4.78 is 9.79. The standard InChI is InChI=1S/C11H15NO3/c1-4-8(2)12-7-9-5-6-10(15-9)11(13)14-3/h4-6,8,12H,1,7H2,2-3H3. The van der Waals surface area contributed by atoms with Crippen molar-refractivity contribution >= 4 is 5.97 Å². The van der Waals surface area contributed by atoms with E-state index in [1.165, 1.54) is 7.11 Å². The summed E-state index contributed by atoms with van der Waals surface area (Å²) in [5.74, 6) is 0.461. The zero-order chi connectivity index (χ0) is 11.3. The highest BCUT2D eigenvalue weighted by atomic mass is 16.5. The molecule has 0 aliphatic rings. The van der Waals surface area contributed by atoms with Crippen molar-refractivity contribution in [2.24, 2.45) is 0 Å². The molecule has 1 atom stereocenters. The van der Waals surface area contributed by atoms with Crippen LogP contribution < -0.4 is 5.32 Å². The van der Waals surface area contributed by atoms with Crippen molar-refractivity contribution in [2.75, 3.05) is 7.11 Å². The molecule has 0 saturated carbocycles. The number of hydrogen-bond donors (Lipinski definition) is 1. The molecule has 0 aliphatic heterocycles. The summed E-state index contributed by atoms with van der Waals surface area (Å²) in [6.45, 7) is 6.20. The molecule has 82 valence electrons. The smallest absolute Gasteiger partial charge is 0.373 e. The van der Waals surface area contributed by atoms with E-state index < -0.39 is 5.97 Å². The Morgan fingerprint density at radius 3 is 3.07 bits per heavy atom. The molecule has 0 spiro atoms. The summed E-state index contributed by atoms with van der Waals surface area (Å²) in [5.41, 5.74) is 0. The maximum atomic E-state index is 11.1. The lowest BCUT2D eigenvalue weighted by atomic mass is 10.3. The molecule has 0 radical (unpaired) electrons. The van der Waals surface area contributed by atoms with Gasteiger partial charge in [0.25, 0.3) is 0 Å². The van der Waals surface area contributed by atoms with E-state index >= 15 is 0 Å². The highest BCUT2D eigenvalue weighted by Gasteiger charge is 2.10. The number of esters is 1. The number of rotatable bonds is 5. The van der Waals surface area contributed by atoms with Gasteiger partial charge in [-0.15, -0.1) is 6.58 Å². The van der Waals surface area contributed by atoms with Crippen LogP contribution in [-0.4, -0.2) is 19.1 Å². The average molecular weight is 209 g/mol. The lowest BCUT2D eigenvalue weighted by Crippen LogP contribution is -2.22. The zero-order valence-corrected chi connectivity index (χ0v) is 8.95. The van der Waals surface area contributed by atoms with Crippen LogP contribution in [0.4, 0.5) is 0 Å². The van der Waals surface area contributed by atoms with Crippen LogP contribution in [0.3, 0.4) is 0 Å². The molecule has 15 heavy (non-hydrogen) atoms. The van der Waals surface area contributed by atoms with E-state index in [2.05, 4.69) is 16.6 Å². The van der Waals surface area contributed by atoms with E-state index in [1.54, 1.807) is 18.2 Å². The molecule has 1 N–H and O–H groups in total. The number of methoxy groups -OCH3 is 1. The molecule has 1 heterocycles. The van der Waals surface area contributed by atoms with Crippen molar-refractivity contribution in [3.63, 3.8) is 0 Å². The molecule has 1 unspecified atom stereocenters. The molecule has 0 saturated heterocycles. The van der Waals surface area contributed by atoms with Gasteiger partial charge in [-0.05, 0) is 19.1 Å². The number of carbonyl (C=O) groups excluding carboxylic acids is 1. The third kappa shape index (κ3) is 3.25. The number of furan rings is 1. The molecule has 4 nitrogen and oxygen atoms in total. The van der Waals surface area contributed by atoms with Crippen LogP contribution in [0.2, 0.25) is 0 Å². The fraction of sp³-hybridized carbons (Fsp3) is 0.364. The normalized spacial score (nSPS) is 12.1. The predicted molar refractivity (Wildman–Crippen MR) is 56.5 cm³/mol. The van der Waals surface area contributed by atoms with E-state index in [4.69, 9.17) is 4.42 Å². The van der Waals surface area contributed by atoms with Crippen LogP contribution in [0.1, 0.15) is 23.2 Å². The third-order valence-corrected chi connectivity index (χ3v) is 2.00. The molecule has 4 heteroatoms. The van der Waals surface area contributed by atoms with Crippen molar-refractivity contribution in [1.82, 2.24) is 5.32 Å². The highest BCUT2D eigenvalue weighted by molar-refractivity contribution is 5.86. The van der Waals surface area contributed by atoms with Crippen molar-refractivity contribution < 1.29 is 13.9 Å². The Labute approximate surface area is 88.9 Å². The fourth-order valence-corrected chi connectivity index (χ4v) is 1.03. The van der Waals surface area contributed by atoms with Gasteiger partial charge in [0, 0.05) is 6.04 Å². The molecule has 0 fully saturated rings. The quantitative estimate of drug-likeness (QED) is 0.592. The largest absolute Gasteiger partial charge is 0.463 e. The first kappa shape index (κ1) is 11.5. The summed E-state index contributed by atoms with van der Waals surface area (Å²) in [7, 11) is 1.32. The van der Waals surface area contributed by atoms with Gasteiger partial charge in [-0.25, -0.2) is 4.79 Å². The van der Waals surface area contributed by atoms with Crippen molar-refractivity contribution in [3.05, 3.63) is 36.3 Å². The summed E-state index contributed by atoms with van der Waals surface area (Å²) in [5, 5.41) is 3.15. The van der Waals surface area contributed by atoms with Crippen molar-refractivity contribution in [1.29, 1.82) is 0 Å². The third-order valence-electron chi connectivity index (χ3n) is 2.00. The molecular formula is C11H15NO3. The first-order valence-corrected chi connectivity index (χ1v) is 4.70. The van der Waals surface area contributed by atoms with E-state index in [-0.39, 0.29) is 11.8 Å². The lowest BCUT2D eigenvalue weighted by molar-refractivity contribution is 0.0563. The van der Waals surface area contributed by atoms with Gasteiger partial charge in [-0.2, -0.15) is 0 Å². The maximum Gasteiger partial charge on any atom is 0.373 e. The van der Waals surface area contributed by atoms with Gasteiger partial charge in [-0.1, -0.05) is 6.08 Å². The molecule has 0 aliphatic carbocycles. The summed E-state index contributed by atoms with van der Waals surface area (Å²) in [6, 6.07) is 3.55. The number of hydrogen-bond acceptors (Lipinski definition) is 4. The van der Waals surface area contributed by atoms with Crippen LogP contribution in [0.15, 0.2) is 29.2 Å². The van der Waals surface area contributed by atoms with Gasteiger partial charge in [0.1, 0.15) is 5.76 Å². The molecule has 0 amide bonds. The van der Waals surface area contributed by atoms with Gasteiger partial charge < -0.3 is 14.5 Å². The highest BCUT2D eigenvalue weighted by Crippen LogP contribution is 2.08. The molecular weight excluding hydrogens is 194 g/mol. The molecule has 1 aromatic heterocycles. The minimum absolute atomic E-state index is 0.205. The van der Waals surface area contributed by atoms with Gasteiger partial charge in [0.15, 0.2) is 0 Å². The van der Waals surface area contributed by atoms with E-state index in [0.717, 1.165) is 0 Å². The van der Waals surface area contributed by atoms with Crippen molar-refractivity contribution in [3.8, 4) is 0 Å². The molecule has 0 aromatic carbocycles. The van der Waals surface area contributed by atoms with Gasteiger partial charge in [0.05, 0.1) is 13.7 Å². The minimum atomic E-state index is -0.460. The van der Waals surface area contributed by atoms with E-state index in [1.807, 2.05) is 6.92 Å². The second-order valence-electron chi connectivity index (χ2n) is 3.16. The summed E-state index contributed by atoms with van der Waals surface area (Å²) in [6.07, 6.45) is 1.80. The minimum Gasteiger partial charge on any atom is -0.463 e. The van der Waals surface area contributed by atoms with Crippen LogP contribution in [-0.2, 0) is 11.3 Å². The predicted octanol–water partition coefficient (Wildman–Crippen LogP) is 1.73. The summed E-state index contributed by atoms with van der Waals surface area (Å²) in [4.78, 5) is 11.1. The van der Waals surface area contributed by atoms with Gasteiger partial charge in [-0.3, -0.25) is 0 Å². The Kier molecular flexibility index (Phi) is 4.12. The monoisotopic (exact) mass is 209 g/mol. The van der Waals surface area contributed by atoms with E-state index in [9.17, 15) is 4.79 Å². The zero-order valence-electron chi connectivity index (χ0n) is 8.95. The van der Waals surface area contributed by atoms with Crippen LogP contribution >= 0.6 is 0 Å². The molecule has 1 rings (SSSR count). The van der Waals surface area contributed by atoms with Gasteiger partial charge >= 0.3 is 5.97 Å². The van der Waals surface area contributed by atoms with Crippen LogP contribution in [0.25, 0.3) is 0 Å². The van der Waals surface area contributed by atoms with Crippen LogP contribution in [0, 0.1) is 0 Å². The second-order valence-corrected chi connectivity index (χ2v) is 3.16. The summed E-state index contributed by atoms with van der Waals surface area (Å²) >= 11 is 0. The van der Waals surface area contributed by atoms with Gasteiger partial charge in [0.2, 0.25) is 5.76 Å². The topological polar surface area (TPSA) is 51.5 Å². The Morgan fingerprint density at radius 1 is 1.73 bits per heavy atom. The van der Waals surface area contributed by atoms with Crippen LogP contribution in [0.5, 0.6) is 0 Å². The van der Waals surface area contributed by atoms with Crippen molar-refractivity contribution in [2.45, 2.75) is 19.5 Å². The fourth-order valence-electron chi connectivity index (χ4n) is 1.03. The Bertz CT molecular complexity index is 343. The maximum absolute atomic E-state index is 11.1. The Balaban J connectivity index is 2.53. The number of ether oxygens (including phenoxy) is 1. The van der Waals surface area contributed by atoms with E-state index in [0.29, 0.717) is 12.3 Å². The SMILES string of the molecule is C=CC(C)NCc1ccc(C(=O)OC)o1. The Hall–Kier alpha value is -1.55. The Morgan fingerprint density at radius 2 is 2.47 bits per heavy atom.